The normalized spacial score (nSPS) is 22.8. The minimum atomic E-state index is -0.179. The fraction of sp³-hybridized carbons (Fsp3) is 0.522. The Morgan fingerprint density at radius 1 is 1.38 bits per heavy atom. The molecule has 1 aliphatic carbocycles. The van der Waals surface area contributed by atoms with Crippen LogP contribution in [0.4, 0.5) is 16.2 Å². The van der Waals surface area contributed by atoms with Gasteiger partial charge in [-0.05, 0) is 48.4 Å². The quantitative estimate of drug-likeness (QED) is 0.402. The van der Waals surface area contributed by atoms with Crippen molar-refractivity contribution in [3.05, 3.63) is 47.4 Å². The summed E-state index contributed by atoms with van der Waals surface area (Å²) < 4.78 is 19.5. The number of nitrogens with two attached hydrogens (primary N) is 1. The van der Waals surface area contributed by atoms with Crippen LogP contribution in [0.1, 0.15) is 24.1 Å². The molecule has 1 aliphatic heterocycles. The van der Waals surface area contributed by atoms with E-state index in [1.165, 1.54) is 0 Å². The lowest BCUT2D eigenvalue weighted by molar-refractivity contribution is -0.128. The van der Waals surface area contributed by atoms with Crippen molar-refractivity contribution >= 4 is 18.2 Å². The molecule has 0 amide bonds. The van der Waals surface area contributed by atoms with E-state index in [2.05, 4.69) is 20.2 Å². The number of likely N-dealkylation sites (N-methyl/N-ethyl adjacent to an activating group) is 1. The predicted molar refractivity (Wildman–Crippen MR) is 121 cm³/mol. The molecular weight excluding hydrogens is 411 g/mol. The third kappa shape index (κ3) is 5.16. The van der Waals surface area contributed by atoms with Gasteiger partial charge in [0.25, 0.3) is 6.47 Å². The van der Waals surface area contributed by atoms with Crippen LogP contribution < -0.4 is 16.0 Å². The van der Waals surface area contributed by atoms with E-state index in [-0.39, 0.29) is 18.5 Å². The fourth-order valence-corrected chi connectivity index (χ4v) is 4.42. The maximum Gasteiger partial charge on any atom is 0.293 e. The second-order valence-electron chi connectivity index (χ2n) is 8.76. The summed E-state index contributed by atoms with van der Waals surface area (Å²) in [6.45, 7) is 6.14. The first kappa shape index (κ1) is 22.4. The van der Waals surface area contributed by atoms with E-state index < -0.39 is 0 Å². The van der Waals surface area contributed by atoms with E-state index in [0.717, 1.165) is 30.8 Å². The van der Waals surface area contributed by atoms with Gasteiger partial charge in [0, 0.05) is 38.9 Å². The van der Waals surface area contributed by atoms with Gasteiger partial charge in [-0.15, -0.1) is 0 Å². The molecule has 3 N–H and O–H groups in total. The molecule has 0 radical (unpaired) electrons. The molecule has 1 aromatic carbocycles. The molecule has 32 heavy (non-hydrogen) atoms. The van der Waals surface area contributed by atoms with Crippen LogP contribution in [0.2, 0.25) is 0 Å². The molecule has 172 valence electrons. The predicted octanol–water partition coefficient (Wildman–Crippen LogP) is 1.83. The average Bonchev–Trinajstić information content (AvgIpc) is 3.18. The van der Waals surface area contributed by atoms with Gasteiger partial charge in [0.2, 0.25) is 5.95 Å². The van der Waals surface area contributed by atoms with Crippen LogP contribution in [-0.4, -0.2) is 67.2 Å². The van der Waals surface area contributed by atoms with Gasteiger partial charge >= 0.3 is 0 Å². The lowest BCUT2D eigenvalue weighted by atomic mass is 10.0. The molecule has 2 aromatic rings. The SMILES string of the molecule is CC(Nc1nccc(N(C)CCOC=O)n1)c1ccc(CCN2CC3C(N)C3C2)c(F)c1. The van der Waals surface area contributed by atoms with Crippen molar-refractivity contribution < 1.29 is 13.9 Å². The summed E-state index contributed by atoms with van der Waals surface area (Å²) in [7, 11) is 1.86. The van der Waals surface area contributed by atoms with E-state index in [4.69, 9.17) is 10.5 Å². The van der Waals surface area contributed by atoms with Crippen molar-refractivity contribution in [2.45, 2.75) is 25.4 Å². The number of halogens is 1. The Labute approximate surface area is 188 Å². The molecule has 2 fully saturated rings. The summed E-state index contributed by atoms with van der Waals surface area (Å²) in [5, 5.41) is 3.23. The number of carbonyl (C=O) groups excluding carboxylic acids is 1. The molecule has 1 saturated carbocycles. The minimum absolute atomic E-state index is 0.162. The molecule has 8 nitrogen and oxygen atoms in total. The van der Waals surface area contributed by atoms with Crippen molar-refractivity contribution in [2.75, 3.05) is 50.1 Å². The third-order valence-electron chi connectivity index (χ3n) is 6.60. The molecule has 3 unspecified atom stereocenters. The highest BCUT2D eigenvalue weighted by molar-refractivity contribution is 5.43. The summed E-state index contributed by atoms with van der Waals surface area (Å²) >= 11 is 0. The van der Waals surface area contributed by atoms with Crippen LogP contribution in [0.25, 0.3) is 0 Å². The number of benzene rings is 1. The fourth-order valence-electron chi connectivity index (χ4n) is 4.42. The molecular formula is C23H31FN6O2. The Hall–Kier alpha value is -2.78. The monoisotopic (exact) mass is 442 g/mol. The molecule has 2 heterocycles. The smallest absolute Gasteiger partial charge is 0.293 e. The van der Waals surface area contributed by atoms with Crippen molar-refractivity contribution in [3.63, 3.8) is 0 Å². The standard InChI is InChI=1S/C23H31FN6O2/c1-15(27-23-26-7-5-21(28-23)29(2)9-10-32-14-31)17-4-3-16(20(24)11-17)6-8-30-12-18-19(13-30)22(18)25/h3-5,7,11,14-15,18-19,22H,6,8-10,12-13,25H2,1-2H3,(H,26,27,28). The molecule has 0 bridgehead atoms. The first-order valence-electron chi connectivity index (χ1n) is 11.1. The van der Waals surface area contributed by atoms with Gasteiger partial charge < -0.3 is 25.6 Å². The van der Waals surface area contributed by atoms with Crippen LogP contribution in [0.3, 0.4) is 0 Å². The summed E-state index contributed by atoms with van der Waals surface area (Å²) in [5.41, 5.74) is 7.57. The largest absolute Gasteiger partial charge is 0.466 e. The van der Waals surface area contributed by atoms with E-state index in [1.54, 1.807) is 18.3 Å². The highest BCUT2D eigenvalue weighted by atomic mass is 19.1. The van der Waals surface area contributed by atoms with Gasteiger partial charge in [0.1, 0.15) is 18.2 Å². The van der Waals surface area contributed by atoms with Crippen LogP contribution in [-0.2, 0) is 16.0 Å². The van der Waals surface area contributed by atoms with Crippen LogP contribution in [0.5, 0.6) is 0 Å². The number of nitrogens with one attached hydrogen (secondary N) is 1. The maximum atomic E-state index is 14.7. The summed E-state index contributed by atoms with van der Waals surface area (Å²) in [6, 6.07) is 7.44. The van der Waals surface area contributed by atoms with Crippen LogP contribution in [0, 0.1) is 17.7 Å². The summed E-state index contributed by atoms with van der Waals surface area (Å²) in [6.07, 6.45) is 2.36. The number of hydrogen-bond acceptors (Lipinski definition) is 8. The van der Waals surface area contributed by atoms with Crippen molar-refractivity contribution in [1.29, 1.82) is 0 Å². The number of rotatable bonds is 11. The number of anilines is 2. The molecule has 9 heteroatoms. The number of aromatic nitrogens is 2. The minimum Gasteiger partial charge on any atom is -0.466 e. The lowest BCUT2D eigenvalue weighted by Gasteiger charge is -2.20. The molecule has 2 aliphatic rings. The van der Waals surface area contributed by atoms with Crippen molar-refractivity contribution in [3.8, 4) is 0 Å². The maximum absolute atomic E-state index is 14.7. The number of fused-ring (bicyclic) bond motifs is 1. The number of hydrogen-bond donors (Lipinski definition) is 2. The Morgan fingerprint density at radius 2 is 2.16 bits per heavy atom. The third-order valence-corrected chi connectivity index (χ3v) is 6.60. The average molecular weight is 443 g/mol. The van der Waals surface area contributed by atoms with Gasteiger partial charge in [-0.2, -0.15) is 4.98 Å². The van der Waals surface area contributed by atoms with Crippen molar-refractivity contribution in [1.82, 2.24) is 14.9 Å². The zero-order chi connectivity index (χ0) is 22.7. The second-order valence-corrected chi connectivity index (χ2v) is 8.76. The molecule has 4 rings (SSSR count). The number of ether oxygens (including phenoxy) is 1. The Balaban J connectivity index is 1.31. The van der Waals surface area contributed by atoms with E-state index in [1.807, 2.05) is 31.0 Å². The number of piperidine rings is 1. The van der Waals surface area contributed by atoms with Gasteiger partial charge in [-0.3, -0.25) is 4.79 Å². The molecule has 1 saturated heterocycles. The molecule has 1 aromatic heterocycles. The topological polar surface area (TPSA) is 96.6 Å². The highest BCUT2D eigenvalue weighted by Gasteiger charge is 2.53. The number of likely N-dealkylation sites (tertiary alicyclic amines) is 1. The second kappa shape index (κ2) is 9.79. The number of nitrogens with zero attached hydrogens (tertiary/aromatic N) is 4. The van der Waals surface area contributed by atoms with Gasteiger partial charge in [-0.1, -0.05) is 12.1 Å². The zero-order valence-electron chi connectivity index (χ0n) is 18.6. The first-order chi connectivity index (χ1) is 15.5. The van der Waals surface area contributed by atoms with Crippen molar-refractivity contribution in [2.24, 2.45) is 17.6 Å². The van der Waals surface area contributed by atoms with Gasteiger partial charge in [0.15, 0.2) is 0 Å². The van der Waals surface area contributed by atoms with E-state index in [0.29, 0.717) is 49.1 Å². The summed E-state index contributed by atoms with van der Waals surface area (Å²) in [4.78, 5) is 23.3. The van der Waals surface area contributed by atoms with E-state index in [9.17, 15) is 9.18 Å². The van der Waals surface area contributed by atoms with Crippen LogP contribution in [0.15, 0.2) is 30.5 Å². The first-order valence-corrected chi connectivity index (χ1v) is 11.1. The summed E-state index contributed by atoms with van der Waals surface area (Å²) in [5.74, 6) is 2.28. The molecule has 3 atom stereocenters. The Bertz CT molecular complexity index is 932. The van der Waals surface area contributed by atoms with Crippen LogP contribution >= 0.6 is 0 Å². The van der Waals surface area contributed by atoms with Gasteiger partial charge in [-0.25, -0.2) is 9.37 Å². The Morgan fingerprint density at radius 3 is 2.88 bits per heavy atom. The van der Waals surface area contributed by atoms with E-state index >= 15 is 0 Å². The molecule has 0 spiro atoms. The highest BCUT2D eigenvalue weighted by Crippen LogP contribution is 2.43. The zero-order valence-corrected chi connectivity index (χ0v) is 18.6. The number of carbonyl (C=O) groups is 1. The van der Waals surface area contributed by atoms with Gasteiger partial charge in [0.05, 0.1) is 12.6 Å². The Kier molecular flexibility index (Phi) is 6.86. The lowest BCUT2D eigenvalue weighted by Crippen LogP contribution is -2.30.